The van der Waals surface area contributed by atoms with Gasteiger partial charge in [0.15, 0.2) is 23.0 Å². The van der Waals surface area contributed by atoms with Gasteiger partial charge in [-0.25, -0.2) is 0 Å². The molecule has 2 atom stereocenters. The Morgan fingerprint density at radius 3 is 1.27 bits per heavy atom. The van der Waals surface area contributed by atoms with Gasteiger partial charge in [-0.15, -0.1) is 12.4 Å². The molecule has 0 fully saturated rings. The summed E-state index contributed by atoms with van der Waals surface area (Å²) in [6.07, 6.45) is 3.22. The number of halogens is 1. The molecule has 41 heavy (non-hydrogen) atoms. The summed E-state index contributed by atoms with van der Waals surface area (Å²) >= 11 is 0. The molecule has 226 valence electrons. The van der Waals surface area contributed by atoms with Crippen LogP contribution in [0.15, 0.2) is 36.4 Å². The van der Waals surface area contributed by atoms with Crippen LogP contribution in [0.25, 0.3) is 0 Å². The predicted molar refractivity (Wildman–Crippen MR) is 167 cm³/mol. The van der Waals surface area contributed by atoms with Crippen molar-refractivity contribution in [3.8, 4) is 35.1 Å². The lowest BCUT2D eigenvalue weighted by Gasteiger charge is -2.33. The molecule has 0 saturated carbocycles. The van der Waals surface area contributed by atoms with Gasteiger partial charge in [0.2, 0.25) is 0 Å². The van der Waals surface area contributed by atoms with Crippen LogP contribution in [-0.2, 0) is 10.8 Å². The van der Waals surface area contributed by atoms with Crippen molar-refractivity contribution in [2.45, 2.75) is 64.2 Å². The molecular formula is C33H48ClN3O4. The molecule has 0 heterocycles. The molecule has 0 saturated heterocycles. The summed E-state index contributed by atoms with van der Waals surface area (Å²) in [5.74, 6) is 2.85. The van der Waals surface area contributed by atoms with Gasteiger partial charge in [-0.3, -0.25) is 0 Å². The minimum atomic E-state index is -0.624. The quantitative estimate of drug-likeness (QED) is 0.206. The smallest absolute Gasteiger partial charge is 0.161 e. The second-order valence-corrected chi connectivity index (χ2v) is 11.1. The highest BCUT2D eigenvalue weighted by atomic mass is 35.5. The average Bonchev–Trinajstić information content (AvgIpc) is 2.96. The number of nitrogens with zero attached hydrogens (tertiary/aromatic N) is 3. The topological polar surface area (TPSA) is 87.7 Å². The first-order valence-corrected chi connectivity index (χ1v) is 14.0. The van der Waals surface area contributed by atoms with Gasteiger partial charge in [0, 0.05) is 0 Å². The molecule has 2 unspecified atom stereocenters. The van der Waals surface area contributed by atoms with Gasteiger partial charge in [-0.2, -0.15) is 10.5 Å². The molecule has 8 heteroatoms. The highest BCUT2D eigenvalue weighted by Gasteiger charge is 2.37. The normalized spacial score (nSPS) is 13.9. The lowest BCUT2D eigenvalue weighted by molar-refractivity contribution is 0.270. The average molecular weight is 586 g/mol. The largest absolute Gasteiger partial charge is 0.493 e. The second-order valence-electron chi connectivity index (χ2n) is 11.1. The Hall–Kier alpha value is -3.13. The zero-order valence-corrected chi connectivity index (χ0v) is 27.1. The number of hydrogen-bond acceptors (Lipinski definition) is 7. The Morgan fingerprint density at radius 2 is 1.00 bits per heavy atom. The van der Waals surface area contributed by atoms with Gasteiger partial charge in [0.1, 0.15) is 0 Å². The molecule has 0 aliphatic carbocycles. The van der Waals surface area contributed by atoms with Crippen molar-refractivity contribution in [2.24, 2.45) is 11.8 Å². The first-order chi connectivity index (χ1) is 19.1. The molecule has 2 aromatic rings. The lowest BCUT2D eigenvalue weighted by Crippen LogP contribution is -2.33. The summed E-state index contributed by atoms with van der Waals surface area (Å²) in [4.78, 5) is 2.30. The zero-order valence-electron chi connectivity index (χ0n) is 26.2. The number of nitriles is 2. The number of ether oxygens (including phenoxy) is 4. The van der Waals surface area contributed by atoms with E-state index in [0.717, 1.165) is 49.9 Å². The van der Waals surface area contributed by atoms with E-state index in [4.69, 9.17) is 18.9 Å². The van der Waals surface area contributed by atoms with Gasteiger partial charge < -0.3 is 23.8 Å². The Morgan fingerprint density at radius 1 is 0.659 bits per heavy atom. The summed E-state index contributed by atoms with van der Waals surface area (Å²) in [6, 6.07) is 16.9. The maximum Gasteiger partial charge on any atom is 0.161 e. The van der Waals surface area contributed by atoms with Crippen molar-refractivity contribution in [1.82, 2.24) is 4.90 Å². The van der Waals surface area contributed by atoms with Gasteiger partial charge >= 0.3 is 0 Å². The van der Waals surface area contributed by atoms with Gasteiger partial charge in [-0.05, 0) is 93.0 Å². The van der Waals surface area contributed by atoms with Crippen LogP contribution in [0, 0.1) is 34.5 Å². The van der Waals surface area contributed by atoms with Crippen molar-refractivity contribution in [1.29, 1.82) is 10.5 Å². The van der Waals surface area contributed by atoms with E-state index in [1.165, 1.54) is 0 Å². The molecule has 2 rings (SSSR count). The van der Waals surface area contributed by atoms with E-state index in [2.05, 4.69) is 51.8 Å². The SMILES string of the molecule is COc1ccc(C(C#N)(CCCN(C)CCCC(C#N)(c2ccc(OC)c(OC)c2)C(C)C)C(C)C)cc1OC.Cl. The van der Waals surface area contributed by atoms with Crippen LogP contribution in [0.4, 0.5) is 0 Å². The predicted octanol–water partition coefficient (Wildman–Crippen LogP) is 7.17. The molecular weight excluding hydrogens is 538 g/mol. The fourth-order valence-electron chi connectivity index (χ4n) is 5.63. The van der Waals surface area contributed by atoms with E-state index >= 15 is 0 Å². The van der Waals surface area contributed by atoms with Crippen molar-refractivity contribution in [3.05, 3.63) is 47.5 Å². The molecule has 0 aliphatic heterocycles. The van der Waals surface area contributed by atoms with E-state index in [9.17, 15) is 10.5 Å². The Bertz CT molecular complexity index is 1100. The number of methoxy groups -OCH3 is 4. The molecule has 2 aromatic carbocycles. The summed E-state index contributed by atoms with van der Waals surface area (Å²) in [5, 5.41) is 20.7. The molecule has 0 amide bonds. The van der Waals surface area contributed by atoms with E-state index in [-0.39, 0.29) is 24.2 Å². The van der Waals surface area contributed by atoms with E-state index in [1.807, 2.05) is 36.4 Å². The van der Waals surface area contributed by atoms with E-state index < -0.39 is 10.8 Å². The Kier molecular flexibility index (Phi) is 14.3. The van der Waals surface area contributed by atoms with Crippen LogP contribution in [0.3, 0.4) is 0 Å². The summed E-state index contributed by atoms with van der Waals surface area (Å²) < 4.78 is 21.8. The van der Waals surface area contributed by atoms with Gasteiger partial charge in [0.25, 0.3) is 0 Å². The molecule has 0 N–H and O–H groups in total. The molecule has 0 spiro atoms. The minimum Gasteiger partial charge on any atom is -0.493 e. The third-order valence-electron chi connectivity index (χ3n) is 8.39. The van der Waals surface area contributed by atoms with Crippen LogP contribution >= 0.6 is 12.4 Å². The molecule has 0 aromatic heterocycles. The Labute approximate surface area is 253 Å². The van der Waals surface area contributed by atoms with Crippen LogP contribution < -0.4 is 18.9 Å². The van der Waals surface area contributed by atoms with E-state index in [1.54, 1.807) is 28.4 Å². The summed E-state index contributed by atoms with van der Waals surface area (Å²) in [7, 11) is 8.57. The van der Waals surface area contributed by atoms with Crippen molar-refractivity contribution in [3.63, 3.8) is 0 Å². The fraction of sp³-hybridized carbons (Fsp3) is 0.576. The van der Waals surface area contributed by atoms with Crippen molar-refractivity contribution < 1.29 is 18.9 Å². The van der Waals surface area contributed by atoms with Crippen LogP contribution in [0.1, 0.15) is 64.5 Å². The maximum atomic E-state index is 10.4. The van der Waals surface area contributed by atoms with Gasteiger partial charge in [0.05, 0.1) is 51.4 Å². The second kappa shape index (κ2) is 16.3. The van der Waals surface area contributed by atoms with Crippen LogP contribution in [0.5, 0.6) is 23.0 Å². The number of benzene rings is 2. The first-order valence-electron chi connectivity index (χ1n) is 14.0. The maximum absolute atomic E-state index is 10.4. The van der Waals surface area contributed by atoms with Crippen molar-refractivity contribution in [2.75, 3.05) is 48.6 Å². The summed E-state index contributed by atoms with van der Waals surface area (Å²) in [5.41, 5.74) is 0.662. The highest BCUT2D eigenvalue weighted by molar-refractivity contribution is 5.85. The van der Waals surface area contributed by atoms with Crippen molar-refractivity contribution >= 4 is 12.4 Å². The lowest BCUT2D eigenvalue weighted by atomic mass is 9.69. The third-order valence-corrected chi connectivity index (χ3v) is 8.39. The monoisotopic (exact) mass is 585 g/mol. The Balaban J connectivity index is 0.00000840. The number of rotatable bonds is 16. The third kappa shape index (κ3) is 8.00. The van der Waals surface area contributed by atoms with Crippen LogP contribution in [0.2, 0.25) is 0 Å². The summed E-state index contributed by atoms with van der Waals surface area (Å²) in [6.45, 7) is 10.1. The molecule has 7 nitrogen and oxygen atoms in total. The highest BCUT2D eigenvalue weighted by Crippen LogP contribution is 2.42. The molecule has 0 aliphatic rings. The van der Waals surface area contributed by atoms with Crippen LogP contribution in [-0.4, -0.2) is 53.5 Å². The molecule has 0 bridgehead atoms. The minimum absolute atomic E-state index is 0. The fourth-order valence-corrected chi connectivity index (χ4v) is 5.63. The van der Waals surface area contributed by atoms with E-state index in [0.29, 0.717) is 23.0 Å². The van der Waals surface area contributed by atoms with Gasteiger partial charge in [-0.1, -0.05) is 39.8 Å². The first kappa shape index (κ1) is 35.9. The number of hydrogen-bond donors (Lipinski definition) is 0. The zero-order chi connectivity index (χ0) is 29.9. The standard InChI is InChI=1S/C33H47N3O4.ClH/c1-24(2)32(22-34,26-12-14-28(37-6)30(20-26)39-8)16-10-18-36(5)19-11-17-33(23-35,25(3)4)27-13-15-29(38-7)31(21-27)40-9;/h12-15,20-21,24-25H,10-11,16-19H2,1-9H3;1H. The molecule has 0 radical (unpaired) electrons.